The molecule has 1 amide bonds. The van der Waals surface area contributed by atoms with Crippen molar-refractivity contribution in [2.75, 3.05) is 5.73 Å². The van der Waals surface area contributed by atoms with Gasteiger partial charge < -0.3 is 11.1 Å². The molecule has 1 unspecified atom stereocenters. The fourth-order valence-corrected chi connectivity index (χ4v) is 2.14. The summed E-state index contributed by atoms with van der Waals surface area (Å²) in [5, 5.41) is 11.9. The summed E-state index contributed by atoms with van der Waals surface area (Å²) in [4.78, 5) is 12.2. The SMILES string of the molecule is CC(NC(=O)c1cccc(N)c1Cl)c1ccc(C#N)cc1. The van der Waals surface area contributed by atoms with Crippen LogP contribution in [-0.4, -0.2) is 5.91 Å². The van der Waals surface area contributed by atoms with Crippen molar-refractivity contribution in [2.24, 2.45) is 0 Å². The van der Waals surface area contributed by atoms with Gasteiger partial charge in [0.1, 0.15) is 0 Å². The summed E-state index contributed by atoms with van der Waals surface area (Å²) in [6.07, 6.45) is 0. The lowest BCUT2D eigenvalue weighted by molar-refractivity contribution is 0.0940. The maximum absolute atomic E-state index is 12.2. The number of nitrogens with zero attached hydrogens (tertiary/aromatic N) is 1. The number of benzene rings is 2. The Bertz CT molecular complexity index is 704. The van der Waals surface area contributed by atoms with Gasteiger partial charge in [-0.05, 0) is 36.8 Å². The smallest absolute Gasteiger partial charge is 0.253 e. The lowest BCUT2D eigenvalue weighted by Crippen LogP contribution is -2.27. The molecule has 0 radical (unpaired) electrons. The molecule has 0 fully saturated rings. The Balaban J connectivity index is 2.15. The normalized spacial score (nSPS) is 11.5. The molecule has 0 saturated carbocycles. The Kier molecular flexibility index (Phi) is 4.46. The Morgan fingerprint density at radius 3 is 2.57 bits per heavy atom. The first-order chi connectivity index (χ1) is 10.0. The van der Waals surface area contributed by atoms with Gasteiger partial charge in [-0.1, -0.05) is 29.8 Å². The van der Waals surface area contributed by atoms with E-state index in [9.17, 15) is 4.79 Å². The van der Waals surface area contributed by atoms with Gasteiger partial charge in [0.05, 0.1) is 33.9 Å². The summed E-state index contributed by atoms with van der Waals surface area (Å²) in [5.74, 6) is -0.288. The Labute approximate surface area is 128 Å². The first kappa shape index (κ1) is 14.9. The summed E-state index contributed by atoms with van der Waals surface area (Å²) in [6.45, 7) is 1.86. The summed E-state index contributed by atoms with van der Waals surface area (Å²) in [6, 6.07) is 13.8. The highest BCUT2D eigenvalue weighted by Gasteiger charge is 2.15. The number of nitrogens with two attached hydrogens (primary N) is 1. The summed E-state index contributed by atoms with van der Waals surface area (Å²) in [7, 11) is 0. The van der Waals surface area contributed by atoms with Crippen molar-refractivity contribution in [1.82, 2.24) is 5.32 Å². The largest absolute Gasteiger partial charge is 0.398 e. The van der Waals surface area contributed by atoms with Gasteiger partial charge in [-0.2, -0.15) is 5.26 Å². The van der Waals surface area contributed by atoms with E-state index < -0.39 is 0 Å². The van der Waals surface area contributed by atoms with Gasteiger partial charge in [0.25, 0.3) is 5.91 Å². The standard InChI is InChI=1S/C16H14ClN3O/c1-10(12-7-5-11(9-18)6-8-12)20-16(21)13-3-2-4-14(19)15(13)17/h2-8,10H,19H2,1H3,(H,20,21). The van der Waals surface area contributed by atoms with Crippen molar-refractivity contribution in [3.63, 3.8) is 0 Å². The molecule has 3 N–H and O–H groups in total. The van der Waals surface area contributed by atoms with Crippen LogP contribution in [0.1, 0.15) is 34.5 Å². The van der Waals surface area contributed by atoms with Crippen LogP contribution in [0.25, 0.3) is 0 Å². The highest BCUT2D eigenvalue weighted by atomic mass is 35.5. The molecule has 2 rings (SSSR count). The van der Waals surface area contributed by atoms with E-state index in [-0.39, 0.29) is 17.0 Å². The number of hydrogen-bond acceptors (Lipinski definition) is 3. The molecule has 0 aliphatic heterocycles. The number of halogens is 1. The molecule has 0 saturated heterocycles. The van der Waals surface area contributed by atoms with Crippen LogP contribution in [0, 0.1) is 11.3 Å². The van der Waals surface area contributed by atoms with Crippen molar-refractivity contribution < 1.29 is 4.79 Å². The number of anilines is 1. The van der Waals surface area contributed by atoms with E-state index in [1.807, 2.05) is 19.1 Å². The predicted molar refractivity (Wildman–Crippen MR) is 82.9 cm³/mol. The van der Waals surface area contributed by atoms with Crippen LogP contribution in [0.4, 0.5) is 5.69 Å². The third-order valence-corrected chi connectivity index (χ3v) is 3.58. The fourth-order valence-electron chi connectivity index (χ4n) is 1.93. The van der Waals surface area contributed by atoms with Gasteiger partial charge in [0, 0.05) is 0 Å². The molecule has 4 nitrogen and oxygen atoms in total. The molecule has 0 spiro atoms. The van der Waals surface area contributed by atoms with E-state index in [0.717, 1.165) is 5.56 Å². The van der Waals surface area contributed by atoms with Crippen LogP contribution in [-0.2, 0) is 0 Å². The van der Waals surface area contributed by atoms with Crippen molar-refractivity contribution in [3.8, 4) is 6.07 Å². The third-order valence-electron chi connectivity index (χ3n) is 3.16. The zero-order valence-electron chi connectivity index (χ0n) is 11.4. The number of nitriles is 1. The monoisotopic (exact) mass is 299 g/mol. The van der Waals surface area contributed by atoms with Crippen LogP contribution < -0.4 is 11.1 Å². The van der Waals surface area contributed by atoms with Crippen molar-refractivity contribution >= 4 is 23.2 Å². The molecule has 2 aromatic carbocycles. The molecular formula is C16H14ClN3O. The van der Waals surface area contributed by atoms with Crippen LogP contribution in [0.2, 0.25) is 5.02 Å². The molecular weight excluding hydrogens is 286 g/mol. The van der Waals surface area contributed by atoms with E-state index >= 15 is 0 Å². The summed E-state index contributed by atoms with van der Waals surface area (Å²) >= 11 is 6.04. The second-order valence-electron chi connectivity index (χ2n) is 4.64. The van der Waals surface area contributed by atoms with Crippen molar-refractivity contribution in [3.05, 3.63) is 64.2 Å². The van der Waals surface area contributed by atoms with Gasteiger partial charge in [-0.15, -0.1) is 0 Å². The predicted octanol–water partition coefficient (Wildman–Crippen LogP) is 3.28. The highest BCUT2D eigenvalue weighted by Crippen LogP contribution is 2.23. The number of rotatable bonds is 3. The average molecular weight is 300 g/mol. The first-order valence-electron chi connectivity index (χ1n) is 6.38. The maximum atomic E-state index is 12.2. The van der Waals surface area contributed by atoms with E-state index in [2.05, 4.69) is 11.4 Å². The summed E-state index contributed by atoms with van der Waals surface area (Å²) < 4.78 is 0. The topological polar surface area (TPSA) is 78.9 Å². The van der Waals surface area contributed by atoms with Gasteiger partial charge in [-0.25, -0.2) is 0 Å². The summed E-state index contributed by atoms with van der Waals surface area (Å²) in [5.41, 5.74) is 7.89. The maximum Gasteiger partial charge on any atom is 0.253 e. The highest BCUT2D eigenvalue weighted by molar-refractivity contribution is 6.36. The Hall–Kier alpha value is -2.51. The molecule has 5 heteroatoms. The number of nitrogens with one attached hydrogen (secondary N) is 1. The Morgan fingerprint density at radius 1 is 1.29 bits per heavy atom. The van der Waals surface area contributed by atoms with E-state index in [1.165, 1.54) is 0 Å². The molecule has 2 aromatic rings. The van der Waals surface area contributed by atoms with Gasteiger partial charge >= 0.3 is 0 Å². The van der Waals surface area contributed by atoms with Crippen LogP contribution in [0.5, 0.6) is 0 Å². The van der Waals surface area contributed by atoms with Crippen LogP contribution >= 0.6 is 11.6 Å². The molecule has 0 aromatic heterocycles. The second kappa shape index (κ2) is 6.29. The number of hydrogen-bond donors (Lipinski definition) is 2. The van der Waals surface area contributed by atoms with Gasteiger partial charge in [0.2, 0.25) is 0 Å². The van der Waals surface area contributed by atoms with Crippen molar-refractivity contribution in [1.29, 1.82) is 5.26 Å². The van der Waals surface area contributed by atoms with Crippen LogP contribution in [0.15, 0.2) is 42.5 Å². The van der Waals surface area contributed by atoms with Crippen LogP contribution in [0.3, 0.4) is 0 Å². The lowest BCUT2D eigenvalue weighted by atomic mass is 10.1. The van der Waals surface area contributed by atoms with Gasteiger partial charge in [-0.3, -0.25) is 4.79 Å². The molecule has 0 bridgehead atoms. The van der Waals surface area contributed by atoms with E-state index in [4.69, 9.17) is 22.6 Å². The minimum Gasteiger partial charge on any atom is -0.398 e. The number of carbonyl (C=O) groups excluding carboxylic acids is 1. The number of carbonyl (C=O) groups is 1. The quantitative estimate of drug-likeness (QED) is 0.854. The average Bonchev–Trinajstić information content (AvgIpc) is 2.50. The number of nitrogen functional groups attached to an aromatic ring is 1. The van der Waals surface area contributed by atoms with Crippen molar-refractivity contribution in [2.45, 2.75) is 13.0 Å². The third kappa shape index (κ3) is 3.33. The molecule has 1 atom stereocenters. The number of amides is 1. The molecule has 0 heterocycles. The molecule has 0 aliphatic rings. The molecule has 106 valence electrons. The fraction of sp³-hybridized carbons (Fsp3) is 0.125. The molecule has 21 heavy (non-hydrogen) atoms. The zero-order valence-corrected chi connectivity index (χ0v) is 12.2. The minimum atomic E-state index is -0.288. The first-order valence-corrected chi connectivity index (χ1v) is 6.75. The zero-order chi connectivity index (χ0) is 15.4. The van der Waals surface area contributed by atoms with Gasteiger partial charge in [0.15, 0.2) is 0 Å². The second-order valence-corrected chi connectivity index (χ2v) is 5.02. The van der Waals surface area contributed by atoms with E-state index in [1.54, 1.807) is 30.3 Å². The minimum absolute atomic E-state index is 0.206. The Morgan fingerprint density at radius 2 is 1.95 bits per heavy atom. The molecule has 0 aliphatic carbocycles. The van der Waals surface area contributed by atoms with E-state index in [0.29, 0.717) is 16.8 Å². The lowest BCUT2D eigenvalue weighted by Gasteiger charge is -2.15.